The lowest BCUT2D eigenvalue weighted by Crippen LogP contribution is -1.87. The number of anilines is 1. The van der Waals surface area contributed by atoms with E-state index in [1.54, 1.807) is 0 Å². The first-order valence-corrected chi connectivity index (χ1v) is 5.49. The van der Waals surface area contributed by atoms with Crippen LogP contribution in [-0.4, -0.2) is 6.29 Å². The summed E-state index contributed by atoms with van der Waals surface area (Å²) >= 11 is 1.45. The molecule has 1 aromatic carbocycles. The predicted molar refractivity (Wildman–Crippen MR) is 64.3 cm³/mol. The van der Waals surface area contributed by atoms with E-state index in [0.29, 0.717) is 0 Å². The molecule has 0 atom stereocenters. The van der Waals surface area contributed by atoms with Crippen LogP contribution in [0.1, 0.15) is 15.2 Å². The van der Waals surface area contributed by atoms with E-state index in [-0.39, 0.29) is 0 Å². The summed E-state index contributed by atoms with van der Waals surface area (Å²) in [6.45, 7) is 2.03. The van der Waals surface area contributed by atoms with Crippen molar-refractivity contribution in [3.8, 4) is 11.1 Å². The average Bonchev–Trinajstić information content (AvgIpc) is 2.70. The molecule has 3 heteroatoms. The van der Waals surface area contributed by atoms with Gasteiger partial charge in [-0.2, -0.15) is 0 Å². The van der Waals surface area contributed by atoms with Crippen molar-refractivity contribution in [3.63, 3.8) is 0 Å². The van der Waals surface area contributed by atoms with Crippen LogP contribution in [-0.2, 0) is 0 Å². The van der Waals surface area contributed by atoms with Crippen molar-refractivity contribution >= 4 is 23.3 Å². The maximum Gasteiger partial charge on any atom is 0.160 e. The summed E-state index contributed by atoms with van der Waals surface area (Å²) in [5, 5.41) is 1.98. The Morgan fingerprint density at radius 3 is 2.80 bits per heavy atom. The van der Waals surface area contributed by atoms with Gasteiger partial charge in [0, 0.05) is 5.69 Å². The molecule has 0 spiro atoms. The third-order valence-electron chi connectivity index (χ3n) is 2.31. The summed E-state index contributed by atoms with van der Waals surface area (Å²) < 4.78 is 0. The molecule has 76 valence electrons. The molecule has 0 saturated carbocycles. The molecule has 0 amide bonds. The Kier molecular flexibility index (Phi) is 2.56. The first kappa shape index (κ1) is 9.93. The normalized spacial score (nSPS) is 10.2. The van der Waals surface area contributed by atoms with Crippen molar-refractivity contribution < 1.29 is 4.79 Å². The SMILES string of the molecule is Cc1ccc(N)cc1-c1csc(C=O)c1. The fourth-order valence-electron chi connectivity index (χ4n) is 1.51. The Balaban J connectivity index is 2.52. The molecular formula is C12H11NOS. The third kappa shape index (κ3) is 1.92. The van der Waals surface area contributed by atoms with Crippen LogP contribution in [0.2, 0.25) is 0 Å². The van der Waals surface area contributed by atoms with Gasteiger partial charge in [-0.05, 0) is 47.2 Å². The number of nitrogens with two attached hydrogens (primary N) is 1. The minimum Gasteiger partial charge on any atom is -0.399 e. The highest BCUT2D eigenvalue weighted by molar-refractivity contribution is 7.12. The number of aryl methyl sites for hydroxylation is 1. The molecular weight excluding hydrogens is 206 g/mol. The second-order valence-corrected chi connectivity index (χ2v) is 4.37. The predicted octanol–water partition coefficient (Wildman–Crippen LogP) is 3.12. The largest absolute Gasteiger partial charge is 0.399 e. The molecule has 1 heterocycles. The van der Waals surface area contributed by atoms with Gasteiger partial charge in [-0.15, -0.1) is 11.3 Å². The zero-order valence-corrected chi connectivity index (χ0v) is 9.17. The van der Waals surface area contributed by atoms with Crippen LogP contribution in [0.25, 0.3) is 11.1 Å². The average molecular weight is 217 g/mol. The smallest absolute Gasteiger partial charge is 0.160 e. The van der Waals surface area contributed by atoms with Crippen LogP contribution in [0.15, 0.2) is 29.6 Å². The van der Waals surface area contributed by atoms with Crippen molar-refractivity contribution in [3.05, 3.63) is 40.1 Å². The molecule has 2 aromatic rings. The van der Waals surface area contributed by atoms with E-state index in [9.17, 15) is 4.79 Å². The quantitative estimate of drug-likeness (QED) is 0.620. The summed E-state index contributed by atoms with van der Waals surface area (Å²) in [5.41, 5.74) is 9.81. The van der Waals surface area contributed by atoms with E-state index in [2.05, 4.69) is 0 Å². The van der Waals surface area contributed by atoms with Crippen LogP contribution in [0, 0.1) is 6.92 Å². The van der Waals surface area contributed by atoms with Crippen molar-refractivity contribution in [2.45, 2.75) is 6.92 Å². The van der Waals surface area contributed by atoms with Crippen LogP contribution in [0.3, 0.4) is 0 Å². The molecule has 2 N–H and O–H groups in total. The molecule has 0 aliphatic carbocycles. The summed E-state index contributed by atoms with van der Waals surface area (Å²) in [6, 6.07) is 7.69. The Morgan fingerprint density at radius 2 is 2.13 bits per heavy atom. The number of thiophene rings is 1. The van der Waals surface area contributed by atoms with Gasteiger partial charge >= 0.3 is 0 Å². The van der Waals surface area contributed by atoms with Gasteiger partial charge in [-0.25, -0.2) is 0 Å². The van der Waals surface area contributed by atoms with Crippen LogP contribution in [0.5, 0.6) is 0 Å². The number of aldehydes is 1. The number of carbonyl (C=O) groups excluding carboxylic acids is 1. The minimum absolute atomic E-state index is 0.742. The van der Waals surface area contributed by atoms with Crippen molar-refractivity contribution in [1.82, 2.24) is 0 Å². The standard InChI is InChI=1S/C12H11NOS/c1-8-2-3-10(13)5-12(8)9-4-11(6-14)15-7-9/h2-7H,13H2,1H3. The monoisotopic (exact) mass is 217 g/mol. The van der Waals surface area contributed by atoms with Gasteiger partial charge in [0.25, 0.3) is 0 Å². The first-order valence-electron chi connectivity index (χ1n) is 4.61. The van der Waals surface area contributed by atoms with Gasteiger partial charge in [0.1, 0.15) is 0 Å². The second-order valence-electron chi connectivity index (χ2n) is 3.43. The van der Waals surface area contributed by atoms with Gasteiger partial charge in [0.15, 0.2) is 6.29 Å². The van der Waals surface area contributed by atoms with Crippen molar-refractivity contribution in [2.75, 3.05) is 5.73 Å². The molecule has 15 heavy (non-hydrogen) atoms. The summed E-state index contributed by atoms with van der Waals surface area (Å²) in [5.74, 6) is 0. The number of carbonyl (C=O) groups is 1. The molecule has 0 fully saturated rings. The van der Waals surface area contributed by atoms with Crippen molar-refractivity contribution in [2.24, 2.45) is 0 Å². The van der Waals surface area contributed by atoms with E-state index >= 15 is 0 Å². The molecule has 0 bridgehead atoms. The van der Waals surface area contributed by atoms with E-state index < -0.39 is 0 Å². The highest BCUT2D eigenvalue weighted by Crippen LogP contribution is 2.29. The maximum atomic E-state index is 10.6. The molecule has 0 unspecified atom stereocenters. The fraction of sp³-hybridized carbons (Fsp3) is 0.0833. The number of benzene rings is 1. The molecule has 1 aromatic heterocycles. The lowest BCUT2D eigenvalue weighted by Gasteiger charge is -2.04. The minimum atomic E-state index is 0.742. The molecule has 0 saturated heterocycles. The molecule has 2 nitrogen and oxygen atoms in total. The number of hydrogen-bond acceptors (Lipinski definition) is 3. The van der Waals surface area contributed by atoms with Crippen LogP contribution >= 0.6 is 11.3 Å². The fourth-order valence-corrected chi connectivity index (χ4v) is 2.22. The van der Waals surface area contributed by atoms with Gasteiger partial charge in [-0.1, -0.05) is 6.07 Å². The Morgan fingerprint density at radius 1 is 1.33 bits per heavy atom. The van der Waals surface area contributed by atoms with E-state index in [1.807, 2.05) is 36.6 Å². The summed E-state index contributed by atoms with van der Waals surface area (Å²) in [7, 11) is 0. The first-order chi connectivity index (χ1) is 7.20. The molecule has 2 rings (SSSR count). The van der Waals surface area contributed by atoms with Crippen molar-refractivity contribution in [1.29, 1.82) is 0 Å². The van der Waals surface area contributed by atoms with E-state index in [4.69, 9.17) is 5.73 Å². The zero-order valence-electron chi connectivity index (χ0n) is 8.36. The van der Waals surface area contributed by atoms with Gasteiger partial charge in [0.2, 0.25) is 0 Å². The van der Waals surface area contributed by atoms with E-state index in [0.717, 1.165) is 28.0 Å². The summed E-state index contributed by atoms with van der Waals surface area (Å²) in [6.07, 6.45) is 0.871. The number of rotatable bonds is 2. The molecule has 0 aliphatic heterocycles. The van der Waals surface area contributed by atoms with Gasteiger partial charge in [0.05, 0.1) is 4.88 Å². The van der Waals surface area contributed by atoms with Crippen LogP contribution in [0.4, 0.5) is 5.69 Å². The molecule has 0 aliphatic rings. The lowest BCUT2D eigenvalue weighted by molar-refractivity contribution is 0.112. The molecule has 0 radical (unpaired) electrons. The van der Waals surface area contributed by atoms with Gasteiger partial charge in [-0.3, -0.25) is 4.79 Å². The Hall–Kier alpha value is -1.61. The maximum absolute atomic E-state index is 10.6. The third-order valence-corrected chi connectivity index (χ3v) is 3.17. The zero-order chi connectivity index (χ0) is 10.8. The Labute approximate surface area is 92.4 Å². The highest BCUT2D eigenvalue weighted by atomic mass is 32.1. The Bertz CT molecular complexity index is 502. The highest BCUT2D eigenvalue weighted by Gasteiger charge is 2.05. The number of nitrogen functional groups attached to an aromatic ring is 1. The van der Waals surface area contributed by atoms with Gasteiger partial charge < -0.3 is 5.73 Å². The topological polar surface area (TPSA) is 43.1 Å². The second kappa shape index (κ2) is 3.87. The van der Waals surface area contributed by atoms with E-state index in [1.165, 1.54) is 16.9 Å². The number of hydrogen-bond donors (Lipinski definition) is 1. The van der Waals surface area contributed by atoms with Crippen LogP contribution < -0.4 is 5.73 Å². The summed E-state index contributed by atoms with van der Waals surface area (Å²) in [4.78, 5) is 11.3. The lowest BCUT2D eigenvalue weighted by atomic mass is 10.0.